The van der Waals surface area contributed by atoms with E-state index in [2.05, 4.69) is 12.6 Å². The van der Waals surface area contributed by atoms with Crippen LogP contribution in [-0.4, -0.2) is 10.7 Å². The summed E-state index contributed by atoms with van der Waals surface area (Å²) >= 11 is 4.35. The van der Waals surface area contributed by atoms with Crippen LogP contribution < -0.4 is 5.73 Å². The van der Waals surface area contributed by atoms with E-state index in [1.54, 1.807) is 6.92 Å². The van der Waals surface area contributed by atoms with Crippen LogP contribution in [0.1, 0.15) is 20.3 Å². The maximum Gasteiger partial charge on any atom is 0.238 e. The van der Waals surface area contributed by atoms with Gasteiger partial charge in [-0.3, -0.25) is 4.79 Å². The highest BCUT2D eigenvalue weighted by molar-refractivity contribution is 7.96. The maximum atomic E-state index is 10.4. The van der Waals surface area contributed by atoms with Crippen molar-refractivity contribution in [2.45, 2.75) is 25.8 Å². The van der Waals surface area contributed by atoms with Gasteiger partial charge in [-0.05, 0) is 26.0 Å². The Kier molecular flexibility index (Phi) is 2.37. The second-order valence-electron chi connectivity index (χ2n) is 2.06. The molecule has 0 fully saturated rings. The molecule has 3 heteroatoms. The second kappa shape index (κ2) is 2.42. The van der Waals surface area contributed by atoms with Crippen molar-refractivity contribution >= 4 is 17.7 Å². The van der Waals surface area contributed by atoms with E-state index in [9.17, 15) is 4.79 Å². The van der Waals surface area contributed by atoms with Crippen molar-refractivity contribution in [3.8, 4) is 0 Å². The van der Waals surface area contributed by atoms with Crippen molar-refractivity contribution in [3.63, 3.8) is 0 Å². The first-order chi connectivity index (χ1) is 3.50. The van der Waals surface area contributed by atoms with Gasteiger partial charge in [0.25, 0.3) is 0 Å². The Morgan fingerprint density at radius 3 is 2.25 bits per heavy atom. The first-order valence-corrected chi connectivity index (χ1v) is 2.92. The standard InChI is InChI=1S/C5H10NOS/c1-3-5(2,6)4(7)8/h3,6H2,1-2H3/t5-/m1/s1. The second-order valence-corrected chi connectivity index (χ2v) is 2.43. The van der Waals surface area contributed by atoms with Gasteiger partial charge in [0.15, 0.2) is 0 Å². The zero-order valence-corrected chi connectivity index (χ0v) is 5.92. The molecule has 1 atom stereocenters. The van der Waals surface area contributed by atoms with Crippen LogP contribution in [-0.2, 0) is 4.79 Å². The molecule has 8 heavy (non-hydrogen) atoms. The fourth-order valence-electron chi connectivity index (χ4n) is 0.144. The fraction of sp³-hybridized carbons (Fsp3) is 0.800. The van der Waals surface area contributed by atoms with Gasteiger partial charge in [-0.1, -0.05) is 6.92 Å². The average molecular weight is 132 g/mol. The molecule has 2 nitrogen and oxygen atoms in total. The third-order valence-electron chi connectivity index (χ3n) is 1.20. The number of hydrogen-bond donors (Lipinski definition) is 1. The van der Waals surface area contributed by atoms with Gasteiger partial charge in [0, 0.05) is 0 Å². The van der Waals surface area contributed by atoms with Gasteiger partial charge in [-0.2, -0.15) is 0 Å². The summed E-state index contributed by atoms with van der Waals surface area (Å²) in [6.45, 7) is 3.48. The minimum Gasteiger partial charge on any atom is -0.318 e. The van der Waals surface area contributed by atoms with Gasteiger partial charge in [-0.15, -0.1) is 0 Å². The molecule has 2 N–H and O–H groups in total. The van der Waals surface area contributed by atoms with E-state index in [0.717, 1.165) is 0 Å². The minimum atomic E-state index is -0.782. The lowest BCUT2D eigenvalue weighted by Gasteiger charge is -2.15. The molecule has 0 aromatic rings. The van der Waals surface area contributed by atoms with Gasteiger partial charge in [0.1, 0.15) is 0 Å². The highest BCUT2D eigenvalue weighted by Gasteiger charge is 2.22. The molecule has 0 saturated heterocycles. The van der Waals surface area contributed by atoms with E-state index >= 15 is 0 Å². The van der Waals surface area contributed by atoms with E-state index in [1.807, 2.05) is 6.92 Å². The number of carbonyl (C=O) groups is 1. The molecule has 0 unspecified atom stereocenters. The average Bonchev–Trinajstić information content (AvgIpc) is 1.67. The molecular formula is C5H10NOS. The van der Waals surface area contributed by atoms with Crippen molar-refractivity contribution in [2.24, 2.45) is 5.73 Å². The lowest BCUT2D eigenvalue weighted by Crippen LogP contribution is -2.41. The van der Waals surface area contributed by atoms with Crippen LogP contribution in [0, 0.1) is 0 Å². The molecule has 0 aliphatic heterocycles. The molecule has 0 aliphatic rings. The zero-order chi connectivity index (χ0) is 6.78. The normalized spacial score (nSPS) is 17.4. The molecule has 0 rings (SSSR count). The summed E-state index contributed by atoms with van der Waals surface area (Å²) in [5, 5.41) is -0.361. The van der Waals surface area contributed by atoms with Gasteiger partial charge >= 0.3 is 0 Å². The first-order valence-electron chi connectivity index (χ1n) is 2.51. The lowest BCUT2D eigenvalue weighted by atomic mass is 10.0. The molecule has 0 amide bonds. The predicted octanol–water partition coefficient (Wildman–Crippen LogP) is 0.838. The molecular weight excluding hydrogens is 122 g/mol. The van der Waals surface area contributed by atoms with Crippen LogP contribution in [0.5, 0.6) is 0 Å². The highest BCUT2D eigenvalue weighted by Crippen LogP contribution is 2.07. The molecule has 1 radical (unpaired) electrons. The van der Waals surface area contributed by atoms with E-state index in [1.165, 1.54) is 0 Å². The number of hydrogen-bond acceptors (Lipinski definition) is 2. The molecule has 0 aromatic carbocycles. The molecule has 0 saturated carbocycles. The Hall–Kier alpha value is -0.150. The Morgan fingerprint density at radius 2 is 2.25 bits per heavy atom. The summed E-state index contributed by atoms with van der Waals surface area (Å²) in [5.41, 5.74) is 4.62. The van der Waals surface area contributed by atoms with Gasteiger partial charge < -0.3 is 5.73 Å². The molecule has 0 bridgehead atoms. The Morgan fingerprint density at radius 1 is 1.88 bits per heavy atom. The third-order valence-corrected chi connectivity index (χ3v) is 1.67. The SMILES string of the molecule is CC[C@@](C)(N)C(=O)[S]. The van der Waals surface area contributed by atoms with Crippen molar-refractivity contribution in [1.82, 2.24) is 0 Å². The van der Waals surface area contributed by atoms with E-state index < -0.39 is 5.54 Å². The summed E-state index contributed by atoms with van der Waals surface area (Å²) in [6.07, 6.45) is 0.606. The Bertz CT molecular complexity index is 101. The van der Waals surface area contributed by atoms with Crippen LogP contribution in [0.2, 0.25) is 0 Å². The molecule has 0 heterocycles. The summed E-state index contributed by atoms with van der Waals surface area (Å²) in [6, 6.07) is 0. The Labute approximate surface area is 54.9 Å². The minimum absolute atomic E-state index is 0.361. The molecule has 0 aliphatic carbocycles. The lowest BCUT2D eigenvalue weighted by molar-refractivity contribution is -0.114. The quantitative estimate of drug-likeness (QED) is 0.605. The summed E-state index contributed by atoms with van der Waals surface area (Å²) in [5.74, 6) is 0. The van der Waals surface area contributed by atoms with Crippen molar-refractivity contribution in [3.05, 3.63) is 0 Å². The molecule has 0 spiro atoms. The van der Waals surface area contributed by atoms with Crippen LogP contribution in [0.3, 0.4) is 0 Å². The van der Waals surface area contributed by atoms with Crippen LogP contribution >= 0.6 is 12.6 Å². The zero-order valence-electron chi connectivity index (χ0n) is 5.10. The molecule has 0 aromatic heterocycles. The van der Waals surface area contributed by atoms with Crippen molar-refractivity contribution in [1.29, 1.82) is 0 Å². The van der Waals surface area contributed by atoms with Gasteiger partial charge in [0.2, 0.25) is 5.12 Å². The maximum absolute atomic E-state index is 10.4. The molecule has 47 valence electrons. The number of nitrogens with two attached hydrogens (primary N) is 1. The largest absolute Gasteiger partial charge is 0.318 e. The van der Waals surface area contributed by atoms with Gasteiger partial charge in [-0.25, -0.2) is 0 Å². The van der Waals surface area contributed by atoms with Crippen LogP contribution in [0.15, 0.2) is 0 Å². The van der Waals surface area contributed by atoms with E-state index in [0.29, 0.717) is 6.42 Å². The Balaban J connectivity index is 3.91. The first kappa shape index (κ1) is 7.85. The number of rotatable bonds is 2. The van der Waals surface area contributed by atoms with Crippen molar-refractivity contribution in [2.75, 3.05) is 0 Å². The van der Waals surface area contributed by atoms with E-state index in [-0.39, 0.29) is 5.12 Å². The summed E-state index contributed by atoms with van der Waals surface area (Å²) < 4.78 is 0. The fourth-order valence-corrected chi connectivity index (χ4v) is 0.289. The van der Waals surface area contributed by atoms with Crippen LogP contribution in [0.25, 0.3) is 0 Å². The van der Waals surface area contributed by atoms with E-state index in [4.69, 9.17) is 5.73 Å². The summed E-state index contributed by atoms with van der Waals surface area (Å²) in [7, 11) is 0. The van der Waals surface area contributed by atoms with Gasteiger partial charge in [0.05, 0.1) is 5.54 Å². The predicted molar refractivity (Wildman–Crippen MR) is 35.5 cm³/mol. The smallest absolute Gasteiger partial charge is 0.238 e. The third kappa shape index (κ3) is 1.76. The monoisotopic (exact) mass is 132 g/mol. The number of carbonyl (C=O) groups excluding carboxylic acids is 1. The van der Waals surface area contributed by atoms with Crippen LogP contribution in [0.4, 0.5) is 0 Å². The van der Waals surface area contributed by atoms with Crippen molar-refractivity contribution < 1.29 is 4.79 Å². The summed E-state index contributed by atoms with van der Waals surface area (Å²) in [4.78, 5) is 10.4. The topological polar surface area (TPSA) is 43.1 Å². The highest BCUT2D eigenvalue weighted by atomic mass is 32.1.